The van der Waals surface area contributed by atoms with Gasteiger partial charge in [-0.25, -0.2) is 16.8 Å². The first-order valence-corrected chi connectivity index (χ1v) is 15.3. The summed E-state index contributed by atoms with van der Waals surface area (Å²) in [6, 6.07) is 18.1. The van der Waals surface area contributed by atoms with E-state index < -0.39 is 37.7 Å². The molecule has 0 aliphatic rings. The summed E-state index contributed by atoms with van der Waals surface area (Å²) in [6.45, 7) is 5.37. The first-order valence-electron chi connectivity index (χ1n) is 12.4. The minimum atomic E-state index is -4.64. The Balaban J connectivity index is 1.49. The number of alkyl halides is 3. The van der Waals surface area contributed by atoms with Crippen LogP contribution < -0.4 is 14.8 Å². The third-order valence-electron chi connectivity index (χ3n) is 6.36. The predicted octanol–water partition coefficient (Wildman–Crippen LogP) is 6.48. The summed E-state index contributed by atoms with van der Waals surface area (Å²) in [5, 5.41) is 2.58. The van der Waals surface area contributed by atoms with Crippen molar-refractivity contribution in [1.29, 1.82) is 0 Å². The lowest BCUT2D eigenvalue weighted by atomic mass is 10.1. The first-order chi connectivity index (χ1) is 19.5. The fraction of sp³-hybridized carbons (Fsp3) is 0.138. The summed E-state index contributed by atoms with van der Waals surface area (Å²) in [6.07, 6.45) is -4.64. The number of amides is 1. The molecule has 0 aromatic heterocycles. The van der Waals surface area contributed by atoms with E-state index in [0.717, 1.165) is 23.3 Å². The van der Waals surface area contributed by atoms with Crippen LogP contribution in [-0.2, 0) is 26.2 Å². The van der Waals surface area contributed by atoms with Gasteiger partial charge in [-0.3, -0.25) is 14.2 Å². The van der Waals surface area contributed by atoms with Crippen molar-refractivity contribution >= 4 is 43.0 Å². The number of carbonyl (C=O) groups is 1. The van der Waals surface area contributed by atoms with E-state index >= 15 is 0 Å². The van der Waals surface area contributed by atoms with Gasteiger partial charge in [-0.1, -0.05) is 18.2 Å². The minimum Gasteiger partial charge on any atom is -0.322 e. The lowest BCUT2D eigenvalue weighted by molar-refractivity contribution is -0.137. The van der Waals surface area contributed by atoms with Gasteiger partial charge in [-0.05, 0) is 104 Å². The number of rotatable bonds is 8. The lowest BCUT2D eigenvalue weighted by Gasteiger charge is -2.13. The molecule has 0 saturated carbocycles. The van der Waals surface area contributed by atoms with Crippen LogP contribution in [0.4, 0.5) is 30.2 Å². The van der Waals surface area contributed by atoms with E-state index in [0.29, 0.717) is 17.3 Å². The van der Waals surface area contributed by atoms with Gasteiger partial charge in [0, 0.05) is 22.6 Å². The predicted molar refractivity (Wildman–Crippen MR) is 155 cm³/mol. The summed E-state index contributed by atoms with van der Waals surface area (Å²) in [4.78, 5) is 12.6. The molecule has 220 valence electrons. The molecule has 4 aromatic carbocycles. The SMILES string of the molecule is Cc1ccc(NS(=O)(=O)c2cc(C(=O)Nc3ccc(S(=O)(=O)Nc4cccc(C(F)(F)F)c4)cc3)ccc2C)cc1C. The molecule has 1 amide bonds. The monoisotopic (exact) mass is 617 g/mol. The molecular formula is C29H26F3N3O5S2. The first kappa shape index (κ1) is 30.6. The Hall–Kier alpha value is -4.36. The maximum Gasteiger partial charge on any atom is 0.416 e. The Bertz CT molecular complexity index is 1870. The van der Waals surface area contributed by atoms with Crippen molar-refractivity contribution in [1.82, 2.24) is 0 Å². The van der Waals surface area contributed by atoms with Crippen LogP contribution in [0.2, 0.25) is 0 Å². The maximum atomic E-state index is 13.1. The van der Waals surface area contributed by atoms with Crippen molar-refractivity contribution in [3.63, 3.8) is 0 Å². The molecule has 0 aliphatic carbocycles. The fourth-order valence-electron chi connectivity index (χ4n) is 3.94. The lowest BCUT2D eigenvalue weighted by Crippen LogP contribution is -2.17. The number of sulfonamides is 2. The molecule has 8 nitrogen and oxygen atoms in total. The van der Waals surface area contributed by atoms with Crippen LogP contribution in [0.1, 0.15) is 32.6 Å². The van der Waals surface area contributed by atoms with E-state index in [-0.39, 0.29) is 26.7 Å². The van der Waals surface area contributed by atoms with Gasteiger partial charge in [0.2, 0.25) is 0 Å². The van der Waals surface area contributed by atoms with Gasteiger partial charge in [0.05, 0.1) is 15.4 Å². The van der Waals surface area contributed by atoms with Crippen molar-refractivity contribution in [2.24, 2.45) is 0 Å². The van der Waals surface area contributed by atoms with Crippen molar-refractivity contribution in [3.8, 4) is 0 Å². The number of halogens is 3. The zero-order valence-corrected chi connectivity index (χ0v) is 24.2. The van der Waals surface area contributed by atoms with Gasteiger partial charge in [0.25, 0.3) is 26.0 Å². The zero-order chi connectivity index (χ0) is 30.9. The van der Waals surface area contributed by atoms with Crippen molar-refractivity contribution in [2.75, 3.05) is 14.8 Å². The molecular weight excluding hydrogens is 591 g/mol. The molecule has 0 heterocycles. The largest absolute Gasteiger partial charge is 0.416 e. The molecule has 4 aromatic rings. The summed E-state index contributed by atoms with van der Waals surface area (Å²) in [5.41, 5.74) is 1.69. The molecule has 0 unspecified atom stereocenters. The number of aryl methyl sites for hydroxylation is 3. The van der Waals surface area contributed by atoms with Crippen LogP contribution in [0, 0.1) is 20.8 Å². The maximum absolute atomic E-state index is 13.1. The number of carbonyl (C=O) groups excluding carboxylic acids is 1. The number of nitrogens with one attached hydrogen (secondary N) is 3. The van der Waals surface area contributed by atoms with E-state index in [1.165, 1.54) is 48.5 Å². The zero-order valence-electron chi connectivity index (χ0n) is 22.6. The Kier molecular flexibility index (Phi) is 8.37. The van der Waals surface area contributed by atoms with Crippen LogP contribution in [-0.4, -0.2) is 22.7 Å². The third-order valence-corrected chi connectivity index (χ3v) is 9.28. The van der Waals surface area contributed by atoms with Gasteiger partial charge in [-0.2, -0.15) is 13.2 Å². The van der Waals surface area contributed by atoms with E-state index in [9.17, 15) is 34.8 Å². The molecule has 0 aliphatic heterocycles. The molecule has 0 radical (unpaired) electrons. The Morgan fingerprint density at radius 1 is 0.643 bits per heavy atom. The minimum absolute atomic E-state index is 0.0453. The van der Waals surface area contributed by atoms with Crippen molar-refractivity contribution < 1.29 is 34.8 Å². The van der Waals surface area contributed by atoms with Gasteiger partial charge in [0.15, 0.2) is 0 Å². The second-order valence-electron chi connectivity index (χ2n) is 9.55. The highest BCUT2D eigenvalue weighted by Gasteiger charge is 2.30. The molecule has 3 N–H and O–H groups in total. The summed E-state index contributed by atoms with van der Waals surface area (Å²) in [5.74, 6) is -0.643. The number of hydrogen-bond donors (Lipinski definition) is 3. The molecule has 4 rings (SSSR count). The second kappa shape index (κ2) is 11.5. The van der Waals surface area contributed by atoms with Gasteiger partial charge in [-0.15, -0.1) is 0 Å². The van der Waals surface area contributed by atoms with E-state index in [2.05, 4.69) is 14.8 Å². The van der Waals surface area contributed by atoms with Gasteiger partial charge in [0.1, 0.15) is 0 Å². The summed E-state index contributed by atoms with van der Waals surface area (Å²) >= 11 is 0. The number of hydrogen-bond acceptors (Lipinski definition) is 5. The van der Waals surface area contributed by atoms with Gasteiger partial charge >= 0.3 is 6.18 Å². The number of benzene rings is 4. The second-order valence-corrected chi connectivity index (χ2v) is 12.9. The molecule has 0 atom stereocenters. The number of anilines is 3. The quantitative estimate of drug-likeness (QED) is 0.209. The van der Waals surface area contributed by atoms with Crippen LogP contribution >= 0.6 is 0 Å². The van der Waals surface area contributed by atoms with Crippen LogP contribution in [0.25, 0.3) is 0 Å². The van der Waals surface area contributed by atoms with E-state index in [1.54, 1.807) is 25.1 Å². The van der Waals surface area contributed by atoms with Crippen LogP contribution in [0.3, 0.4) is 0 Å². The van der Waals surface area contributed by atoms with E-state index in [1.807, 2.05) is 13.8 Å². The Labute approximate surface area is 241 Å². The topological polar surface area (TPSA) is 121 Å². The molecule has 13 heteroatoms. The van der Waals surface area contributed by atoms with Crippen molar-refractivity contribution in [3.05, 3.63) is 113 Å². The van der Waals surface area contributed by atoms with Crippen LogP contribution in [0.15, 0.2) is 94.7 Å². The van der Waals surface area contributed by atoms with Crippen molar-refractivity contribution in [2.45, 2.75) is 36.7 Å². The third kappa shape index (κ3) is 7.09. The average Bonchev–Trinajstić information content (AvgIpc) is 2.90. The molecule has 0 bridgehead atoms. The normalized spacial score (nSPS) is 12.0. The Morgan fingerprint density at radius 2 is 1.24 bits per heavy atom. The highest BCUT2D eigenvalue weighted by Crippen LogP contribution is 2.31. The molecule has 42 heavy (non-hydrogen) atoms. The summed E-state index contributed by atoms with van der Waals surface area (Å²) < 4.78 is 95.2. The highest BCUT2D eigenvalue weighted by molar-refractivity contribution is 7.93. The molecule has 0 saturated heterocycles. The smallest absolute Gasteiger partial charge is 0.322 e. The standard InChI is InChI=1S/C29H26F3N3O5S2/c1-18-8-10-25(15-20(18)3)35-42(39,40)27-16-21(9-7-19(27)2)28(36)33-23-11-13-26(14-12-23)41(37,38)34-24-6-4-5-22(17-24)29(30,31)32/h4-17,34-35H,1-3H3,(H,33,36). The fourth-order valence-corrected chi connectivity index (χ4v) is 6.31. The molecule has 0 fully saturated rings. The van der Waals surface area contributed by atoms with E-state index in [4.69, 9.17) is 0 Å². The molecule has 0 spiro atoms. The Morgan fingerprint density at radius 3 is 1.88 bits per heavy atom. The highest BCUT2D eigenvalue weighted by atomic mass is 32.2. The average molecular weight is 618 g/mol. The summed E-state index contributed by atoms with van der Waals surface area (Å²) in [7, 11) is -8.26. The van der Waals surface area contributed by atoms with Gasteiger partial charge < -0.3 is 5.32 Å². The van der Waals surface area contributed by atoms with Crippen LogP contribution in [0.5, 0.6) is 0 Å².